The van der Waals surface area contributed by atoms with E-state index in [2.05, 4.69) is 0 Å². The van der Waals surface area contributed by atoms with Gasteiger partial charge in [-0.3, -0.25) is 4.79 Å². The summed E-state index contributed by atoms with van der Waals surface area (Å²) < 4.78 is 44.1. The molecule has 3 aliphatic heterocycles. The van der Waals surface area contributed by atoms with E-state index in [0.29, 0.717) is 44.6 Å². The number of ether oxygens (including phenoxy) is 1. The van der Waals surface area contributed by atoms with Crippen LogP contribution in [0, 0.1) is 11.8 Å². The fraction of sp³-hybridized carbons (Fsp3) is 0.636. The normalized spacial score (nSPS) is 25.5. The van der Waals surface area contributed by atoms with Crippen LogP contribution in [-0.4, -0.2) is 60.5 Å². The zero-order valence-corrected chi connectivity index (χ0v) is 17.9. The maximum Gasteiger partial charge on any atom is 0.416 e. The number of nitrogens with zero attached hydrogens (tertiary/aromatic N) is 2. The molecule has 0 saturated carbocycles. The Morgan fingerprint density at radius 1 is 1.13 bits per heavy atom. The van der Waals surface area contributed by atoms with Crippen molar-refractivity contribution in [2.24, 2.45) is 11.8 Å². The molecule has 0 radical (unpaired) electrons. The summed E-state index contributed by atoms with van der Waals surface area (Å²) in [7, 11) is 0. The number of halogens is 4. The van der Waals surface area contributed by atoms with E-state index in [1.807, 2.05) is 9.80 Å². The van der Waals surface area contributed by atoms with Crippen molar-refractivity contribution in [2.45, 2.75) is 44.4 Å². The topological polar surface area (TPSA) is 49.9 Å². The highest BCUT2D eigenvalue weighted by Gasteiger charge is 2.38. The monoisotopic (exact) mass is 458 g/mol. The van der Waals surface area contributed by atoms with Crippen LogP contribution in [-0.2, 0) is 22.1 Å². The van der Waals surface area contributed by atoms with E-state index in [-0.39, 0.29) is 41.4 Å². The largest absolute Gasteiger partial charge is 0.416 e. The number of Topliss-reactive ketones (excluding diaryl/α,β-unsaturated/α-hetero) is 1. The molecule has 0 unspecified atom stereocenters. The first-order chi connectivity index (χ1) is 14.7. The van der Waals surface area contributed by atoms with Gasteiger partial charge in [-0.1, -0.05) is 17.7 Å². The average molecular weight is 459 g/mol. The summed E-state index contributed by atoms with van der Waals surface area (Å²) >= 11 is 6.10. The SMILES string of the molecule is O=C1CO[C@H]2CCN(C(=O)N3CCC(Cc4ccc(C(F)(F)F)cc4Cl)CC3)C[C@H]2C1. The molecule has 0 bridgehead atoms. The fourth-order valence-corrected chi connectivity index (χ4v) is 5.14. The number of alkyl halides is 3. The van der Waals surface area contributed by atoms with Crippen molar-refractivity contribution in [3.05, 3.63) is 34.3 Å². The Kier molecular flexibility index (Phi) is 6.49. The van der Waals surface area contributed by atoms with Crippen LogP contribution < -0.4 is 0 Å². The Morgan fingerprint density at radius 3 is 2.52 bits per heavy atom. The predicted molar refractivity (Wildman–Crippen MR) is 109 cm³/mol. The number of ketones is 1. The molecule has 3 heterocycles. The molecule has 5 nitrogen and oxygen atoms in total. The third-order valence-corrected chi connectivity index (χ3v) is 7.01. The highest BCUT2D eigenvalue weighted by Crippen LogP contribution is 2.34. The van der Waals surface area contributed by atoms with Gasteiger partial charge in [0.2, 0.25) is 0 Å². The average Bonchev–Trinajstić information content (AvgIpc) is 2.74. The molecule has 3 aliphatic rings. The summed E-state index contributed by atoms with van der Waals surface area (Å²) in [6.07, 6.45) is -0.932. The number of hydrogen-bond acceptors (Lipinski definition) is 3. The Morgan fingerprint density at radius 2 is 1.84 bits per heavy atom. The first-order valence-electron chi connectivity index (χ1n) is 10.7. The van der Waals surface area contributed by atoms with E-state index in [0.717, 1.165) is 31.4 Å². The van der Waals surface area contributed by atoms with Crippen LogP contribution in [0.5, 0.6) is 0 Å². The van der Waals surface area contributed by atoms with Crippen LogP contribution in [0.3, 0.4) is 0 Å². The van der Waals surface area contributed by atoms with Gasteiger partial charge in [0, 0.05) is 43.5 Å². The number of benzene rings is 1. The standard InChI is InChI=1S/C22H26ClF3N2O3/c23-19-11-17(22(24,25)26)2-1-15(19)9-14-3-6-27(7-4-14)21(30)28-8-5-20-16(12-28)10-18(29)13-31-20/h1-2,11,14,16,20H,3-10,12-13H2/t16-,20+/m1/s1. The van der Waals surface area contributed by atoms with Crippen LogP contribution in [0.4, 0.5) is 18.0 Å². The molecule has 170 valence electrons. The molecule has 4 rings (SSSR count). The summed E-state index contributed by atoms with van der Waals surface area (Å²) in [4.78, 5) is 28.3. The van der Waals surface area contributed by atoms with E-state index in [1.165, 1.54) is 6.07 Å². The van der Waals surface area contributed by atoms with Crippen LogP contribution in [0.1, 0.15) is 36.8 Å². The number of piperidine rings is 2. The second-order valence-electron chi connectivity index (χ2n) is 8.81. The molecule has 0 aromatic heterocycles. The highest BCUT2D eigenvalue weighted by atomic mass is 35.5. The first kappa shape index (κ1) is 22.4. The zero-order chi connectivity index (χ0) is 22.2. The number of carbonyl (C=O) groups excluding carboxylic acids is 2. The minimum absolute atomic E-state index is 0.00230. The predicted octanol–water partition coefficient (Wildman–Crippen LogP) is 4.41. The molecule has 0 N–H and O–H groups in total. The quantitative estimate of drug-likeness (QED) is 0.659. The van der Waals surface area contributed by atoms with Gasteiger partial charge in [-0.05, 0) is 49.3 Å². The van der Waals surface area contributed by atoms with Gasteiger partial charge in [0.05, 0.1) is 11.7 Å². The van der Waals surface area contributed by atoms with Crippen molar-refractivity contribution >= 4 is 23.4 Å². The van der Waals surface area contributed by atoms with Gasteiger partial charge in [0.25, 0.3) is 0 Å². The van der Waals surface area contributed by atoms with Gasteiger partial charge in [0.1, 0.15) is 6.61 Å². The van der Waals surface area contributed by atoms with Gasteiger partial charge >= 0.3 is 12.2 Å². The summed E-state index contributed by atoms with van der Waals surface area (Å²) in [5.74, 6) is 0.449. The van der Waals surface area contributed by atoms with E-state index in [4.69, 9.17) is 16.3 Å². The third kappa shape index (κ3) is 5.17. The molecule has 2 amide bonds. The first-order valence-corrected chi connectivity index (χ1v) is 11.1. The summed E-state index contributed by atoms with van der Waals surface area (Å²) in [6, 6.07) is 3.52. The lowest BCUT2D eigenvalue weighted by atomic mass is 9.88. The fourth-order valence-electron chi connectivity index (χ4n) is 4.88. The van der Waals surface area contributed by atoms with Crippen molar-refractivity contribution in [2.75, 3.05) is 32.8 Å². The van der Waals surface area contributed by atoms with E-state index < -0.39 is 11.7 Å². The molecule has 0 spiro atoms. The smallest absolute Gasteiger partial charge is 0.370 e. The Bertz CT molecular complexity index is 840. The molecule has 9 heteroatoms. The molecular formula is C22H26ClF3N2O3. The number of carbonyl (C=O) groups is 2. The number of likely N-dealkylation sites (tertiary alicyclic amines) is 2. The number of fused-ring (bicyclic) bond motifs is 1. The van der Waals surface area contributed by atoms with Crippen molar-refractivity contribution in [1.29, 1.82) is 0 Å². The lowest BCUT2D eigenvalue weighted by Gasteiger charge is -2.43. The lowest BCUT2D eigenvalue weighted by Crippen LogP contribution is -2.54. The van der Waals surface area contributed by atoms with Gasteiger partial charge in [-0.15, -0.1) is 0 Å². The Hall–Kier alpha value is -1.80. The summed E-state index contributed by atoms with van der Waals surface area (Å²) in [5.41, 5.74) is -0.0287. The minimum Gasteiger partial charge on any atom is -0.370 e. The second kappa shape index (κ2) is 8.98. The Labute approximate surface area is 184 Å². The highest BCUT2D eigenvalue weighted by molar-refractivity contribution is 6.31. The number of rotatable bonds is 2. The van der Waals surface area contributed by atoms with Crippen LogP contribution in [0.25, 0.3) is 0 Å². The Balaban J connectivity index is 1.29. The van der Waals surface area contributed by atoms with Gasteiger partial charge in [-0.25, -0.2) is 4.79 Å². The molecule has 0 aliphatic carbocycles. The zero-order valence-electron chi connectivity index (χ0n) is 17.2. The molecular weight excluding hydrogens is 433 g/mol. The van der Waals surface area contributed by atoms with Crippen molar-refractivity contribution < 1.29 is 27.5 Å². The maximum absolute atomic E-state index is 13.0. The van der Waals surface area contributed by atoms with Crippen LogP contribution >= 0.6 is 11.6 Å². The molecule has 1 aromatic carbocycles. The molecule has 3 saturated heterocycles. The number of urea groups is 1. The molecule has 1 aromatic rings. The molecule has 3 fully saturated rings. The van der Waals surface area contributed by atoms with E-state index in [1.54, 1.807) is 0 Å². The maximum atomic E-state index is 13.0. The van der Waals surface area contributed by atoms with E-state index >= 15 is 0 Å². The summed E-state index contributed by atoms with van der Waals surface area (Å²) in [6.45, 7) is 2.60. The van der Waals surface area contributed by atoms with Gasteiger partial charge < -0.3 is 14.5 Å². The van der Waals surface area contributed by atoms with Crippen LogP contribution in [0.2, 0.25) is 5.02 Å². The van der Waals surface area contributed by atoms with Crippen molar-refractivity contribution in [3.63, 3.8) is 0 Å². The molecule has 31 heavy (non-hydrogen) atoms. The number of hydrogen-bond donors (Lipinski definition) is 0. The molecule has 2 atom stereocenters. The third-order valence-electron chi connectivity index (χ3n) is 6.66. The van der Waals surface area contributed by atoms with E-state index in [9.17, 15) is 22.8 Å². The second-order valence-corrected chi connectivity index (χ2v) is 9.22. The minimum atomic E-state index is -4.40. The lowest BCUT2D eigenvalue weighted by molar-refractivity contribution is -0.140. The van der Waals surface area contributed by atoms with Gasteiger partial charge in [-0.2, -0.15) is 13.2 Å². The van der Waals surface area contributed by atoms with Crippen molar-refractivity contribution in [1.82, 2.24) is 9.80 Å². The summed E-state index contributed by atoms with van der Waals surface area (Å²) in [5, 5.41) is 0.139. The van der Waals surface area contributed by atoms with Crippen molar-refractivity contribution in [3.8, 4) is 0 Å². The van der Waals surface area contributed by atoms with Gasteiger partial charge in [0.15, 0.2) is 5.78 Å². The number of amides is 2. The van der Waals surface area contributed by atoms with Crippen LogP contribution in [0.15, 0.2) is 18.2 Å².